The number of carbonyl (C=O) groups is 1. The van der Waals surface area contributed by atoms with E-state index in [0.29, 0.717) is 16.2 Å². The highest BCUT2D eigenvalue weighted by atomic mass is 32.1. The monoisotopic (exact) mass is 252 g/mol. The van der Waals surface area contributed by atoms with E-state index in [1.54, 1.807) is 12.1 Å². The number of benzene rings is 1. The number of methoxy groups -OCH3 is 1. The molecule has 0 fully saturated rings. The van der Waals surface area contributed by atoms with Crippen LogP contribution in [-0.2, 0) is 0 Å². The van der Waals surface area contributed by atoms with Crippen molar-refractivity contribution in [3.05, 3.63) is 41.0 Å². The van der Waals surface area contributed by atoms with Crippen molar-refractivity contribution in [3.63, 3.8) is 0 Å². The van der Waals surface area contributed by atoms with Crippen LogP contribution in [0.5, 0.6) is 5.75 Å². The third-order valence-electron chi connectivity index (χ3n) is 2.29. The fourth-order valence-corrected chi connectivity index (χ4v) is 2.32. The minimum Gasteiger partial charge on any atom is -0.497 e. The number of rotatable bonds is 3. The maximum Gasteiger partial charge on any atom is 0.336 e. The molecule has 3 nitrogen and oxygen atoms in total. The summed E-state index contributed by atoms with van der Waals surface area (Å²) in [5.74, 6) is -1.01. The van der Waals surface area contributed by atoms with Gasteiger partial charge in [-0.2, -0.15) is 0 Å². The number of halogens is 1. The summed E-state index contributed by atoms with van der Waals surface area (Å²) in [7, 11) is 1.46. The Kier molecular flexibility index (Phi) is 3.10. The largest absolute Gasteiger partial charge is 0.497 e. The highest BCUT2D eigenvalue weighted by molar-refractivity contribution is 7.13. The van der Waals surface area contributed by atoms with E-state index >= 15 is 0 Å². The molecule has 0 bridgehead atoms. The van der Waals surface area contributed by atoms with Gasteiger partial charge in [-0.25, -0.2) is 9.18 Å². The van der Waals surface area contributed by atoms with Gasteiger partial charge in [0.1, 0.15) is 11.6 Å². The number of hydrogen-bond acceptors (Lipinski definition) is 3. The zero-order valence-corrected chi connectivity index (χ0v) is 9.75. The Morgan fingerprint density at radius 3 is 2.71 bits per heavy atom. The summed E-state index contributed by atoms with van der Waals surface area (Å²) in [6.45, 7) is 0. The molecule has 0 atom stereocenters. The molecule has 17 heavy (non-hydrogen) atoms. The van der Waals surface area contributed by atoms with Gasteiger partial charge in [0.15, 0.2) is 0 Å². The molecule has 1 aromatic heterocycles. The molecule has 0 saturated carbocycles. The highest BCUT2D eigenvalue weighted by Crippen LogP contribution is 2.31. The second-order valence-corrected chi connectivity index (χ2v) is 4.26. The molecule has 0 unspecified atom stereocenters. The summed E-state index contributed by atoms with van der Waals surface area (Å²) in [6, 6.07) is 5.94. The van der Waals surface area contributed by atoms with Gasteiger partial charge in [0.05, 0.1) is 12.7 Å². The van der Waals surface area contributed by atoms with Crippen LogP contribution < -0.4 is 4.74 Å². The van der Waals surface area contributed by atoms with Crippen molar-refractivity contribution in [2.45, 2.75) is 0 Å². The number of aromatic carboxylic acids is 1. The predicted molar refractivity (Wildman–Crippen MR) is 63.2 cm³/mol. The average Bonchev–Trinajstić information content (AvgIpc) is 2.78. The molecule has 0 saturated heterocycles. The molecule has 1 aromatic carbocycles. The molecular weight excluding hydrogens is 243 g/mol. The van der Waals surface area contributed by atoms with Crippen molar-refractivity contribution >= 4 is 17.3 Å². The van der Waals surface area contributed by atoms with Crippen LogP contribution in [0.2, 0.25) is 0 Å². The molecule has 1 heterocycles. The minimum atomic E-state index is -1.01. The Bertz CT molecular complexity index is 563. The van der Waals surface area contributed by atoms with Gasteiger partial charge in [-0.05, 0) is 18.2 Å². The predicted octanol–water partition coefficient (Wildman–Crippen LogP) is 3.26. The van der Waals surface area contributed by atoms with E-state index in [4.69, 9.17) is 9.84 Å². The number of thiophene rings is 1. The first-order chi connectivity index (χ1) is 8.11. The molecular formula is C12H9FO3S. The molecule has 2 aromatic rings. The number of carboxylic acids is 1. The van der Waals surface area contributed by atoms with Gasteiger partial charge in [0.25, 0.3) is 0 Å². The first kappa shape index (κ1) is 11.6. The van der Waals surface area contributed by atoms with E-state index in [-0.39, 0.29) is 5.56 Å². The van der Waals surface area contributed by atoms with Crippen LogP contribution in [0.25, 0.3) is 10.4 Å². The van der Waals surface area contributed by atoms with Crippen molar-refractivity contribution in [3.8, 4) is 16.2 Å². The van der Waals surface area contributed by atoms with Crippen LogP contribution in [-0.4, -0.2) is 18.2 Å². The molecule has 88 valence electrons. The lowest BCUT2D eigenvalue weighted by atomic mass is 10.1. The Hall–Kier alpha value is -1.88. The number of carboxylic acid groups (broad SMARTS) is 1. The molecule has 0 amide bonds. The lowest BCUT2D eigenvalue weighted by Crippen LogP contribution is -1.91. The third kappa shape index (κ3) is 2.29. The van der Waals surface area contributed by atoms with Crippen LogP contribution in [0.15, 0.2) is 29.6 Å². The summed E-state index contributed by atoms with van der Waals surface area (Å²) in [6.07, 6.45) is 0. The second-order valence-electron chi connectivity index (χ2n) is 3.35. The highest BCUT2D eigenvalue weighted by Gasteiger charge is 2.11. The van der Waals surface area contributed by atoms with Gasteiger partial charge >= 0.3 is 5.97 Å². The van der Waals surface area contributed by atoms with E-state index in [2.05, 4.69) is 0 Å². The second kappa shape index (κ2) is 4.55. The van der Waals surface area contributed by atoms with E-state index in [9.17, 15) is 9.18 Å². The van der Waals surface area contributed by atoms with Crippen molar-refractivity contribution in [2.24, 2.45) is 0 Å². The van der Waals surface area contributed by atoms with Crippen LogP contribution in [0.4, 0.5) is 4.39 Å². The maximum absolute atomic E-state index is 13.7. The Morgan fingerprint density at radius 2 is 2.18 bits per heavy atom. The molecule has 0 radical (unpaired) electrons. The normalized spacial score (nSPS) is 10.2. The van der Waals surface area contributed by atoms with Gasteiger partial charge in [0, 0.05) is 21.9 Å². The van der Waals surface area contributed by atoms with Gasteiger partial charge in [-0.3, -0.25) is 0 Å². The average molecular weight is 252 g/mol. The summed E-state index contributed by atoms with van der Waals surface area (Å²) < 4.78 is 18.6. The van der Waals surface area contributed by atoms with Gasteiger partial charge in [0.2, 0.25) is 0 Å². The lowest BCUT2D eigenvalue weighted by Gasteiger charge is -2.03. The third-order valence-corrected chi connectivity index (χ3v) is 3.25. The Morgan fingerprint density at radius 1 is 1.41 bits per heavy atom. The van der Waals surface area contributed by atoms with Crippen molar-refractivity contribution in [1.29, 1.82) is 0 Å². The molecule has 0 spiro atoms. The zero-order valence-electron chi connectivity index (χ0n) is 8.94. The van der Waals surface area contributed by atoms with Crippen LogP contribution in [0, 0.1) is 5.82 Å². The first-order valence-electron chi connectivity index (χ1n) is 4.77. The Balaban J connectivity index is 2.42. The zero-order chi connectivity index (χ0) is 12.4. The van der Waals surface area contributed by atoms with Crippen LogP contribution in [0.3, 0.4) is 0 Å². The lowest BCUT2D eigenvalue weighted by molar-refractivity contribution is 0.0697. The number of ether oxygens (including phenoxy) is 1. The smallest absolute Gasteiger partial charge is 0.336 e. The maximum atomic E-state index is 13.7. The summed E-state index contributed by atoms with van der Waals surface area (Å²) in [5.41, 5.74) is 0.545. The fraction of sp³-hybridized carbons (Fsp3) is 0.0833. The van der Waals surface area contributed by atoms with E-state index in [1.807, 2.05) is 0 Å². The summed E-state index contributed by atoms with van der Waals surface area (Å²) in [4.78, 5) is 11.3. The van der Waals surface area contributed by atoms with Gasteiger partial charge in [-0.15, -0.1) is 11.3 Å². The fourth-order valence-electron chi connectivity index (χ4n) is 1.41. The summed E-state index contributed by atoms with van der Waals surface area (Å²) >= 11 is 1.20. The van der Waals surface area contributed by atoms with E-state index in [0.717, 1.165) is 0 Å². The van der Waals surface area contributed by atoms with Gasteiger partial charge < -0.3 is 9.84 Å². The number of hydrogen-bond donors (Lipinski definition) is 1. The molecule has 0 aliphatic heterocycles. The molecule has 2 rings (SSSR count). The van der Waals surface area contributed by atoms with E-state index < -0.39 is 11.8 Å². The van der Waals surface area contributed by atoms with E-state index in [1.165, 1.54) is 36.0 Å². The molecule has 0 aliphatic rings. The standard InChI is InChI=1S/C12H9FO3S/c1-16-8-2-3-9(10(13)5-8)11-4-7(6-17-11)12(14)15/h2-6H,1H3,(H,14,15). The topological polar surface area (TPSA) is 46.5 Å². The first-order valence-corrected chi connectivity index (χ1v) is 5.65. The van der Waals surface area contributed by atoms with Gasteiger partial charge in [-0.1, -0.05) is 0 Å². The van der Waals surface area contributed by atoms with Crippen molar-refractivity contribution in [2.75, 3.05) is 7.11 Å². The molecule has 1 N–H and O–H groups in total. The molecule has 5 heteroatoms. The van der Waals surface area contributed by atoms with Crippen LogP contribution >= 0.6 is 11.3 Å². The quantitative estimate of drug-likeness (QED) is 0.912. The van der Waals surface area contributed by atoms with Crippen LogP contribution in [0.1, 0.15) is 10.4 Å². The summed E-state index contributed by atoms with van der Waals surface area (Å²) in [5, 5.41) is 10.3. The molecule has 0 aliphatic carbocycles. The Labute approximate surface area is 101 Å². The SMILES string of the molecule is COc1ccc(-c2cc(C(=O)O)cs2)c(F)c1. The van der Waals surface area contributed by atoms with Crippen molar-refractivity contribution < 1.29 is 19.0 Å². The van der Waals surface area contributed by atoms with Crippen molar-refractivity contribution in [1.82, 2.24) is 0 Å². The minimum absolute atomic E-state index is 0.167.